The molecule has 0 spiro atoms. The average molecular weight is 265 g/mol. The highest BCUT2D eigenvalue weighted by Gasteiger charge is 2.29. The predicted molar refractivity (Wildman–Crippen MR) is 75.6 cm³/mol. The molecule has 1 heterocycles. The van der Waals surface area contributed by atoms with Crippen LogP contribution in [-0.4, -0.2) is 29.6 Å². The van der Waals surface area contributed by atoms with E-state index in [1.54, 1.807) is 13.0 Å². The summed E-state index contributed by atoms with van der Waals surface area (Å²) < 4.78 is 13.5. The monoisotopic (exact) mass is 265 g/mol. The van der Waals surface area contributed by atoms with Crippen molar-refractivity contribution in [2.24, 2.45) is 5.41 Å². The second kappa shape index (κ2) is 5.59. The van der Waals surface area contributed by atoms with Crippen LogP contribution < -0.4 is 0 Å². The van der Waals surface area contributed by atoms with Crippen LogP contribution in [0, 0.1) is 18.2 Å². The molecule has 0 saturated carbocycles. The van der Waals surface area contributed by atoms with Gasteiger partial charge >= 0.3 is 0 Å². The Balaban J connectivity index is 1.87. The lowest BCUT2D eigenvalue weighted by molar-refractivity contribution is 0.145. The molecule has 1 unspecified atom stereocenters. The number of nitrogens with zero attached hydrogens (tertiary/aromatic N) is 1. The second-order valence-corrected chi connectivity index (χ2v) is 6.50. The molecule has 1 N–H and O–H groups in total. The van der Waals surface area contributed by atoms with Crippen LogP contribution in [0.4, 0.5) is 4.39 Å². The molecule has 0 radical (unpaired) electrons. The molecule has 106 valence electrons. The molecule has 1 aromatic rings. The van der Waals surface area contributed by atoms with Gasteiger partial charge in [0.2, 0.25) is 0 Å². The van der Waals surface area contributed by atoms with Crippen LogP contribution in [0.3, 0.4) is 0 Å². The second-order valence-electron chi connectivity index (χ2n) is 6.50. The largest absolute Gasteiger partial charge is 0.388 e. The van der Waals surface area contributed by atoms with Crippen LogP contribution >= 0.6 is 0 Å². The van der Waals surface area contributed by atoms with Gasteiger partial charge < -0.3 is 10.0 Å². The summed E-state index contributed by atoms with van der Waals surface area (Å²) >= 11 is 0. The summed E-state index contributed by atoms with van der Waals surface area (Å²) in [6, 6.07) is 5.00. The molecule has 19 heavy (non-hydrogen) atoms. The van der Waals surface area contributed by atoms with Crippen LogP contribution in [0.15, 0.2) is 18.2 Å². The molecule has 3 heteroatoms. The molecule has 1 saturated heterocycles. The Labute approximate surface area is 115 Å². The number of hydrogen-bond donors (Lipinski definition) is 1. The number of aliphatic hydroxyl groups is 1. The highest BCUT2D eigenvalue weighted by molar-refractivity contribution is 5.24. The Morgan fingerprint density at radius 3 is 2.74 bits per heavy atom. The van der Waals surface area contributed by atoms with Crippen LogP contribution in [0.25, 0.3) is 0 Å². The highest BCUT2D eigenvalue weighted by Crippen LogP contribution is 2.29. The van der Waals surface area contributed by atoms with Gasteiger partial charge in [0.1, 0.15) is 5.82 Å². The summed E-state index contributed by atoms with van der Waals surface area (Å²) in [6.07, 6.45) is 1.31. The summed E-state index contributed by atoms with van der Waals surface area (Å²) in [5.74, 6) is -0.237. The molecule has 1 aliphatic heterocycles. The third-order valence-corrected chi connectivity index (χ3v) is 4.06. The maximum atomic E-state index is 13.5. The molecule has 0 aromatic heterocycles. The van der Waals surface area contributed by atoms with Crippen molar-refractivity contribution in [1.29, 1.82) is 0 Å². The van der Waals surface area contributed by atoms with E-state index in [0.29, 0.717) is 23.0 Å². The first-order chi connectivity index (χ1) is 8.87. The van der Waals surface area contributed by atoms with Crippen LogP contribution in [0.5, 0.6) is 0 Å². The molecule has 0 aliphatic carbocycles. The summed E-state index contributed by atoms with van der Waals surface area (Å²) in [5, 5.41) is 10.1. The summed E-state index contributed by atoms with van der Waals surface area (Å²) in [7, 11) is 0. The number of hydrogen-bond acceptors (Lipinski definition) is 2. The maximum absolute atomic E-state index is 13.5. The van der Waals surface area contributed by atoms with Gasteiger partial charge in [-0.2, -0.15) is 0 Å². The van der Waals surface area contributed by atoms with Crippen LogP contribution in [-0.2, 0) is 0 Å². The summed E-state index contributed by atoms with van der Waals surface area (Å²) in [4.78, 5) is 2.38. The van der Waals surface area contributed by atoms with Crippen molar-refractivity contribution in [2.45, 2.75) is 39.7 Å². The molecular formula is C16H24FNO. The number of rotatable bonds is 4. The lowest BCUT2D eigenvalue weighted by Crippen LogP contribution is -2.25. The minimum absolute atomic E-state index is 0.237. The Morgan fingerprint density at radius 2 is 2.16 bits per heavy atom. The van der Waals surface area contributed by atoms with E-state index in [-0.39, 0.29) is 5.82 Å². The van der Waals surface area contributed by atoms with E-state index in [1.807, 2.05) is 6.07 Å². The lowest BCUT2D eigenvalue weighted by atomic mass is 9.93. The molecule has 0 amide bonds. The van der Waals surface area contributed by atoms with Crippen LogP contribution in [0.1, 0.15) is 43.9 Å². The first kappa shape index (κ1) is 14.5. The first-order valence-corrected chi connectivity index (χ1v) is 7.04. The number of likely N-dealkylation sites (tertiary alicyclic amines) is 1. The van der Waals surface area contributed by atoms with Gasteiger partial charge in [0.25, 0.3) is 0 Å². The molecule has 2 rings (SSSR count). The van der Waals surface area contributed by atoms with Crippen molar-refractivity contribution >= 4 is 0 Å². The van der Waals surface area contributed by atoms with E-state index in [1.165, 1.54) is 12.5 Å². The van der Waals surface area contributed by atoms with Crippen LogP contribution in [0.2, 0.25) is 0 Å². The third kappa shape index (κ3) is 3.77. The zero-order chi connectivity index (χ0) is 14.0. The van der Waals surface area contributed by atoms with Crippen molar-refractivity contribution in [3.8, 4) is 0 Å². The Morgan fingerprint density at radius 1 is 1.42 bits per heavy atom. The summed E-state index contributed by atoms with van der Waals surface area (Å²) in [6.45, 7) is 9.35. The maximum Gasteiger partial charge on any atom is 0.126 e. The Kier molecular flexibility index (Phi) is 4.26. The van der Waals surface area contributed by atoms with Gasteiger partial charge in [-0.05, 0) is 48.9 Å². The Hall–Kier alpha value is -0.930. The third-order valence-electron chi connectivity index (χ3n) is 4.06. The first-order valence-electron chi connectivity index (χ1n) is 7.04. The van der Waals surface area contributed by atoms with E-state index >= 15 is 0 Å². The van der Waals surface area contributed by atoms with Crippen molar-refractivity contribution in [3.05, 3.63) is 35.1 Å². The Bertz CT molecular complexity index is 444. The van der Waals surface area contributed by atoms with Gasteiger partial charge in [-0.1, -0.05) is 26.0 Å². The fourth-order valence-electron chi connectivity index (χ4n) is 2.70. The van der Waals surface area contributed by atoms with E-state index < -0.39 is 6.10 Å². The van der Waals surface area contributed by atoms with Crippen molar-refractivity contribution in [3.63, 3.8) is 0 Å². The van der Waals surface area contributed by atoms with Crippen molar-refractivity contribution in [2.75, 3.05) is 19.6 Å². The predicted octanol–water partition coefficient (Wildman–Crippen LogP) is 3.29. The van der Waals surface area contributed by atoms with Crippen molar-refractivity contribution < 1.29 is 9.50 Å². The fraction of sp³-hybridized carbons (Fsp3) is 0.625. The zero-order valence-corrected chi connectivity index (χ0v) is 12.1. The zero-order valence-electron chi connectivity index (χ0n) is 12.1. The van der Waals surface area contributed by atoms with Gasteiger partial charge in [0.15, 0.2) is 0 Å². The average Bonchev–Trinajstić information content (AvgIpc) is 2.69. The molecule has 1 aliphatic rings. The highest BCUT2D eigenvalue weighted by atomic mass is 19.1. The van der Waals surface area contributed by atoms with Gasteiger partial charge in [-0.25, -0.2) is 4.39 Å². The fourth-order valence-corrected chi connectivity index (χ4v) is 2.70. The molecule has 1 fully saturated rings. The quantitative estimate of drug-likeness (QED) is 0.903. The minimum atomic E-state index is -0.571. The molecule has 1 atom stereocenters. The van der Waals surface area contributed by atoms with E-state index in [0.717, 1.165) is 19.6 Å². The van der Waals surface area contributed by atoms with Gasteiger partial charge in [-0.15, -0.1) is 0 Å². The molecule has 0 bridgehead atoms. The van der Waals surface area contributed by atoms with E-state index in [2.05, 4.69) is 18.7 Å². The number of aryl methyl sites for hydroxylation is 1. The lowest BCUT2D eigenvalue weighted by Gasteiger charge is -2.21. The normalized spacial score (nSPS) is 20.7. The minimum Gasteiger partial charge on any atom is -0.388 e. The number of benzene rings is 1. The summed E-state index contributed by atoms with van der Waals surface area (Å²) in [5.41, 5.74) is 1.69. The molecular weight excluding hydrogens is 241 g/mol. The topological polar surface area (TPSA) is 23.5 Å². The van der Waals surface area contributed by atoms with E-state index in [9.17, 15) is 9.50 Å². The van der Waals surface area contributed by atoms with Crippen molar-refractivity contribution in [1.82, 2.24) is 4.90 Å². The smallest absolute Gasteiger partial charge is 0.126 e. The van der Waals surface area contributed by atoms with Gasteiger partial charge in [0.05, 0.1) is 6.10 Å². The molecule has 2 nitrogen and oxygen atoms in total. The van der Waals surface area contributed by atoms with Gasteiger partial charge in [0, 0.05) is 13.1 Å². The number of aliphatic hydroxyl groups excluding tert-OH is 1. The standard InChI is InChI=1S/C16H24FNO/c1-12-4-5-13(10-14(12)17)15(19)6-8-18-9-7-16(2,3)11-18/h4-5,10,15,19H,6-9,11H2,1-3H3. The molecule has 1 aromatic carbocycles. The number of halogens is 1. The SMILES string of the molecule is Cc1ccc(C(O)CCN2CCC(C)(C)C2)cc1F. The van der Waals surface area contributed by atoms with Gasteiger partial charge in [-0.3, -0.25) is 0 Å². The van der Waals surface area contributed by atoms with E-state index in [4.69, 9.17) is 0 Å².